The second-order valence-electron chi connectivity index (χ2n) is 4.34. The highest BCUT2D eigenvalue weighted by molar-refractivity contribution is 5.84. The summed E-state index contributed by atoms with van der Waals surface area (Å²) in [5.74, 6) is -1.20. The summed E-state index contributed by atoms with van der Waals surface area (Å²) in [7, 11) is 1.49. The lowest BCUT2D eigenvalue weighted by Gasteiger charge is -2.22. The summed E-state index contributed by atoms with van der Waals surface area (Å²) in [4.78, 5) is 35.0. The van der Waals surface area contributed by atoms with Gasteiger partial charge in [0.25, 0.3) is 0 Å². The lowest BCUT2D eigenvalue weighted by molar-refractivity contribution is -0.137. The van der Waals surface area contributed by atoms with Crippen molar-refractivity contribution >= 4 is 17.9 Å². The molecule has 0 aromatic rings. The number of nitrogens with one attached hydrogen (secondary N) is 2. The lowest BCUT2D eigenvalue weighted by atomic mass is 10.1. The van der Waals surface area contributed by atoms with Gasteiger partial charge >= 0.3 is 12.0 Å². The fraction of sp³-hybridized carbons (Fsp3) is 0.750. The van der Waals surface area contributed by atoms with Crippen LogP contribution in [0.15, 0.2) is 0 Å². The molecule has 0 aromatic carbocycles. The van der Waals surface area contributed by atoms with Crippen LogP contribution in [0.2, 0.25) is 0 Å². The maximum atomic E-state index is 11.8. The van der Waals surface area contributed by atoms with Gasteiger partial charge in [0.1, 0.15) is 6.54 Å². The zero-order valence-corrected chi connectivity index (χ0v) is 11.7. The molecule has 0 spiro atoms. The maximum absolute atomic E-state index is 11.8. The molecule has 0 radical (unpaired) electrons. The van der Waals surface area contributed by atoms with E-state index in [0.29, 0.717) is 13.0 Å². The van der Waals surface area contributed by atoms with Gasteiger partial charge in [0.15, 0.2) is 0 Å². The Morgan fingerprint density at radius 2 is 1.89 bits per heavy atom. The molecule has 1 unspecified atom stereocenters. The molecule has 7 nitrogen and oxygen atoms in total. The molecule has 0 bridgehead atoms. The summed E-state index contributed by atoms with van der Waals surface area (Å²) in [6.45, 7) is 4.17. The number of likely N-dealkylation sites (N-methyl/N-ethyl adjacent to an activating group) is 2. The van der Waals surface area contributed by atoms with E-state index in [-0.39, 0.29) is 18.9 Å². The van der Waals surface area contributed by atoms with Crippen LogP contribution in [-0.2, 0) is 9.59 Å². The van der Waals surface area contributed by atoms with Gasteiger partial charge in [-0.15, -0.1) is 0 Å². The standard InChI is InChI=1S/C12H23N3O4/c1-4-6-9(7-11(17)18)14-12(19)15(3)8-10(16)13-5-2/h9H,4-8H2,1-3H3,(H,13,16)(H,14,19)(H,17,18). The maximum Gasteiger partial charge on any atom is 0.317 e. The number of urea groups is 1. The van der Waals surface area contributed by atoms with E-state index >= 15 is 0 Å². The van der Waals surface area contributed by atoms with E-state index in [2.05, 4.69) is 10.6 Å². The first-order valence-electron chi connectivity index (χ1n) is 6.40. The zero-order chi connectivity index (χ0) is 14.8. The minimum atomic E-state index is -0.954. The molecule has 0 fully saturated rings. The van der Waals surface area contributed by atoms with Crippen LogP contribution in [0.1, 0.15) is 33.1 Å². The molecule has 0 saturated heterocycles. The van der Waals surface area contributed by atoms with E-state index in [1.165, 1.54) is 11.9 Å². The minimum absolute atomic E-state index is 0.0500. The third kappa shape index (κ3) is 8.01. The van der Waals surface area contributed by atoms with Crippen LogP contribution >= 0.6 is 0 Å². The molecule has 0 aliphatic heterocycles. The summed E-state index contributed by atoms with van der Waals surface area (Å²) in [6.07, 6.45) is 1.25. The van der Waals surface area contributed by atoms with Crippen LogP contribution < -0.4 is 10.6 Å². The Bertz CT molecular complexity index is 320. The molecule has 110 valence electrons. The number of hydrogen-bond donors (Lipinski definition) is 3. The van der Waals surface area contributed by atoms with E-state index in [1.54, 1.807) is 6.92 Å². The van der Waals surface area contributed by atoms with Crippen LogP contribution in [0.4, 0.5) is 4.79 Å². The average molecular weight is 273 g/mol. The van der Waals surface area contributed by atoms with Gasteiger partial charge in [0, 0.05) is 19.6 Å². The molecule has 3 N–H and O–H groups in total. The molecule has 1 atom stereocenters. The van der Waals surface area contributed by atoms with Crippen molar-refractivity contribution in [3.8, 4) is 0 Å². The number of carboxylic acids is 1. The Kier molecular flexibility index (Phi) is 8.32. The fourth-order valence-electron chi connectivity index (χ4n) is 1.61. The number of amides is 3. The Morgan fingerprint density at radius 1 is 1.26 bits per heavy atom. The van der Waals surface area contributed by atoms with Crippen molar-refractivity contribution in [2.45, 2.75) is 39.2 Å². The first kappa shape index (κ1) is 17.2. The number of aliphatic carboxylic acids is 1. The average Bonchev–Trinajstić information content (AvgIpc) is 2.28. The first-order chi connectivity index (χ1) is 8.90. The summed E-state index contributed by atoms with van der Waals surface area (Å²) < 4.78 is 0. The van der Waals surface area contributed by atoms with Gasteiger partial charge in [0.05, 0.1) is 6.42 Å². The highest BCUT2D eigenvalue weighted by Gasteiger charge is 2.18. The van der Waals surface area contributed by atoms with Gasteiger partial charge in [-0.05, 0) is 13.3 Å². The molecule has 0 aliphatic rings. The summed E-state index contributed by atoms with van der Waals surface area (Å²) >= 11 is 0. The van der Waals surface area contributed by atoms with Crippen molar-refractivity contribution in [3.05, 3.63) is 0 Å². The van der Waals surface area contributed by atoms with E-state index in [9.17, 15) is 14.4 Å². The molecule has 3 amide bonds. The van der Waals surface area contributed by atoms with Gasteiger partial charge in [0.2, 0.25) is 5.91 Å². The van der Waals surface area contributed by atoms with Crippen LogP contribution in [0, 0.1) is 0 Å². The van der Waals surface area contributed by atoms with Crippen molar-refractivity contribution in [1.29, 1.82) is 0 Å². The van der Waals surface area contributed by atoms with Crippen molar-refractivity contribution in [1.82, 2.24) is 15.5 Å². The van der Waals surface area contributed by atoms with Crippen molar-refractivity contribution < 1.29 is 19.5 Å². The number of rotatable bonds is 8. The molecular weight excluding hydrogens is 250 g/mol. The number of carbonyl (C=O) groups excluding carboxylic acids is 2. The summed E-state index contributed by atoms with van der Waals surface area (Å²) in [6, 6.07) is -0.849. The third-order valence-corrected chi connectivity index (χ3v) is 2.49. The van der Waals surface area contributed by atoms with Crippen LogP contribution in [0.3, 0.4) is 0 Å². The number of hydrogen-bond acceptors (Lipinski definition) is 3. The third-order valence-electron chi connectivity index (χ3n) is 2.49. The van der Waals surface area contributed by atoms with Crippen molar-refractivity contribution in [2.75, 3.05) is 20.1 Å². The smallest absolute Gasteiger partial charge is 0.317 e. The second-order valence-corrected chi connectivity index (χ2v) is 4.34. The van der Waals surface area contributed by atoms with Crippen molar-refractivity contribution in [2.24, 2.45) is 0 Å². The topological polar surface area (TPSA) is 98.7 Å². The van der Waals surface area contributed by atoms with Gasteiger partial charge < -0.3 is 20.6 Å². The molecule has 0 saturated carbocycles. The predicted octanol–water partition coefficient (Wildman–Crippen LogP) is 0.407. The SMILES string of the molecule is CCCC(CC(=O)O)NC(=O)N(C)CC(=O)NCC. The van der Waals surface area contributed by atoms with Gasteiger partial charge in [-0.3, -0.25) is 9.59 Å². The zero-order valence-electron chi connectivity index (χ0n) is 11.7. The highest BCUT2D eigenvalue weighted by Crippen LogP contribution is 2.02. The monoisotopic (exact) mass is 273 g/mol. The van der Waals surface area contributed by atoms with Crippen LogP contribution in [0.25, 0.3) is 0 Å². The quantitative estimate of drug-likeness (QED) is 0.596. The number of nitrogens with zero attached hydrogens (tertiary/aromatic N) is 1. The molecular formula is C12H23N3O4. The Balaban J connectivity index is 4.29. The molecule has 0 rings (SSSR count). The molecule has 19 heavy (non-hydrogen) atoms. The summed E-state index contributed by atoms with van der Waals surface area (Å²) in [5.41, 5.74) is 0. The van der Waals surface area contributed by atoms with Crippen LogP contribution in [-0.4, -0.2) is 54.1 Å². The van der Waals surface area contributed by atoms with Crippen LogP contribution in [0.5, 0.6) is 0 Å². The largest absolute Gasteiger partial charge is 0.481 e. The Morgan fingerprint density at radius 3 is 2.37 bits per heavy atom. The van der Waals surface area contributed by atoms with Crippen molar-refractivity contribution in [3.63, 3.8) is 0 Å². The van der Waals surface area contributed by atoms with Gasteiger partial charge in [-0.2, -0.15) is 0 Å². The minimum Gasteiger partial charge on any atom is -0.481 e. The molecule has 0 aliphatic carbocycles. The second kappa shape index (κ2) is 9.18. The number of carboxylic acid groups (broad SMARTS) is 1. The lowest BCUT2D eigenvalue weighted by Crippen LogP contribution is -2.47. The van der Waals surface area contributed by atoms with E-state index in [0.717, 1.165) is 6.42 Å². The molecule has 0 heterocycles. The van der Waals surface area contributed by atoms with Gasteiger partial charge in [-0.25, -0.2) is 4.79 Å². The normalized spacial score (nSPS) is 11.5. The molecule has 0 aromatic heterocycles. The van der Waals surface area contributed by atoms with E-state index < -0.39 is 18.0 Å². The Labute approximate surface area is 113 Å². The van der Waals surface area contributed by atoms with E-state index in [1.807, 2.05) is 6.92 Å². The Hall–Kier alpha value is -1.79. The number of carbonyl (C=O) groups is 3. The molecule has 7 heteroatoms. The predicted molar refractivity (Wildman–Crippen MR) is 70.8 cm³/mol. The summed E-state index contributed by atoms with van der Waals surface area (Å²) in [5, 5.41) is 14.0. The first-order valence-corrected chi connectivity index (χ1v) is 6.40. The highest BCUT2D eigenvalue weighted by atomic mass is 16.4. The van der Waals surface area contributed by atoms with E-state index in [4.69, 9.17) is 5.11 Å². The fourth-order valence-corrected chi connectivity index (χ4v) is 1.61. The van der Waals surface area contributed by atoms with Gasteiger partial charge in [-0.1, -0.05) is 13.3 Å².